The molecular weight excluding hydrogens is 219 g/mol. The standard InChI is InChI=1S/C13H21FN2O/c1-4-17-9-8-16(3)13-7-5-6-12(14)11(13)10-15-2/h5-7,15H,4,8-10H2,1-3H3. The molecule has 4 heteroatoms. The number of benzene rings is 1. The molecule has 1 rings (SSSR count). The van der Waals surface area contributed by atoms with Crippen LogP contribution in [0.4, 0.5) is 10.1 Å². The van der Waals surface area contributed by atoms with Gasteiger partial charge in [0.15, 0.2) is 0 Å². The minimum atomic E-state index is -0.167. The first-order valence-electron chi connectivity index (χ1n) is 5.91. The van der Waals surface area contributed by atoms with Crippen molar-refractivity contribution < 1.29 is 9.13 Å². The molecule has 0 saturated heterocycles. The summed E-state index contributed by atoms with van der Waals surface area (Å²) in [5, 5.41) is 2.99. The van der Waals surface area contributed by atoms with Gasteiger partial charge < -0.3 is 15.0 Å². The van der Waals surface area contributed by atoms with Crippen LogP contribution in [0.3, 0.4) is 0 Å². The predicted molar refractivity (Wildman–Crippen MR) is 68.9 cm³/mol. The Morgan fingerprint density at radius 3 is 2.82 bits per heavy atom. The normalized spacial score (nSPS) is 10.6. The van der Waals surface area contributed by atoms with E-state index in [0.29, 0.717) is 25.3 Å². The van der Waals surface area contributed by atoms with Gasteiger partial charge in [0.2, 0.25) is 0 Å². The fourth-order valence-electron chi connectivity index (χ4n) is 1.72. The smallest absolute Gasteiger partial charge is 0.129 e. The lowest BCUT2D eigenvalue weighted by Crippen LogP contribution is -2.25. The van der Waals surface area contributed by atoms with Gasteiger partial charge in [-0.2, -0.15) is 0 Å². The van der Waals surface area contributed by atoms with Crippen LogP contribution in [0, 0.1) is 5.82 Å². The van der Waals surface area contributed by atoms with Crippen molar-refractivity contribution in [3.63, 3.8) is 0 Å². The molecule has 3 nitrogen and oxygen atoms in total. The minimum Gasteiger partial charge on any atom is -0.380 e. The maximum atomic E-state index is 13.7. The Bertz CT molecular complexity index is 344. The number of halogens is 1. The van der Waals surface area contributed by atoms with Crippen molar-refractivity contribution in [1.29, 1.82) is 0 Å². The molecule has 1 N–H and O–H groups in total. The Labute approximate surface area is 103 Å². The van der Waals surface area contributed by atoms with Gasteiger partial charge in [0.05, 0.1) is 6.61 Å². The lowest BCUT2D eigenvalue weighted by Gasteiger charge is -2.22. The van der Waals surface area contributed by atoms with E-state index in [2.05, 4.69) is 5.32 Å². The van der Waals surface area contributed by atoms with Crippen LogP contribution in [0.1, 0.15) is 12.5 Å². The lowest BCUT2D eigenvalue weighted by atomic mass is 10.1. The number of rotatable bonds is 7. The Hall–Kier alpha value is -1.13. The zero-order chi connectivity index (χ0) is 12.7. The third kappa shape index (κ3) is 3.98. The van der Waals surface area contributed by atoms with Gasteiger partial charge in [-0.15, -0.1) is 0 Å². The maximum absolute atomic E-state index is 13.7. The van der Waals surface area contributed by atoms with Gasteiger partial charge in [-0.05, 0) is 26.1 Å². The number of hydrogen-bond donors (Lipinski definition) is 1. The van der Waals surface area contributed by atoms with E-state index in [1.807, 2.05) is 32.0 Å². The van der Waals surface area contributed by atoms with Gasteiger partial charge in [-0.3, -0.25) is 0 Å². The fourth-order valence-corrected chi connectivity index (χ4v) is 1.72. The van der Waals surface area contributed by atoms with Gasteiger partial charge in [0.1, 0.15) is 5.82 Å². The second-order valence-corrected chi connectivity index (χ2v) is 3.89. The van der Waals surface area contributed by atoms with E-state index >= 15 is 0 Å². The summed E-state index contributed by atoms with van der Waals surface area (Å²) < 4.78 is 19.0. The molecule has 0 spiro atoms. The van der Waals surface area contributed by atoms with Gasteiger partial charge >= 0.3 is 0 Å². The lowest BCUT2D eigenvalue weighted by molar-refractivity contribution is 0.154. The molecule has 0 bridgehead atoms. The van der Waals surface area contributed by atoms with E-state index < -0.39 is 0 Å². The molecule has 0 aliphatic carbocycles. The zero-order valence-electron chi connectivity index (χ0n) is 10.8. The number of likely N-dealkylation sites (N-methyl/N-ethyl adjacent to an activating group) is 1. The molecule has 0 aliphatic rings. The fraction of sp³-hybridized carbons (Fsp3) is 0.538. The summed E-state index contributed by atoms with van der Waals surface area (Å²) in [5.74, 6) is -0.167. The summed E-state index contributed by atoms with van der Waals surface area (Å²) in [4.78, 5) is 2.02. The van der Waals surface area contributed by atoms with Crippen LogP contribution < -0.4 is 10.2 Å². The third-order valence-corrected chi connectivity index (χ3v) is 2.63. The predicted octanol–water partition coefficient (Wildman–Crippen LogP) is 2.02. The highest BCUT2D eigenvalue weighted by molar-refractivity contribution is 5.53. The molecule has 0 amide bonds. The molecule has 1 aromatic carbocycles. The monoisotopic (exact) mass is 240 g/mol. The summed E-state index contributed by atoms with van der Waals surface area (Å²) in [6, 6.07) is 5.16. The number of hydrogen-bond acceptors (Lipinski definition) is 3. The Balaban J connectivity index is 2.77. The topological polar surface area (TPSA) is 24.5 Å². The average Bonchev–Trinajstić information content (AvgIpc) is 2.32. The van der Waals surface area contributed by atoms with Crippen molar-refractivity contribution in [2.45, 2.75) is 13.5 Å². The molecule has 17 heavy (non-hydrogen) atoms. The van der Waals surface area contributed by atoms with Crippen molar-refractivity contribution in [3.8, 4) is 0 Å². The van der Waals surface area contributed by atoms with Gasteiger partial charge in [-0.1, -0.05) is 6.07 Å². The molecular formula is C13H21FN2O. The van der Waals surface area contributed by atoms with Crippen LogP contribution in [-0.4, -0.2) is 33.9 Å². The second kappa shape index (κ2) is 7.25. The highest BCUT2D eigenvalue weighted by Gasteiger charge is 2.10. The molecule has 0 atom stereocenters. The quantitative estimate of drug-likeness (QED) is 0.738. The van der Waals surface area contributed by atoms with E-state index in [4.69, 9.17) is 4.74 Å². The van der Waals surface area contributed by atoms with Crippen molar-refractivity contribution in [2.75, 3.05) is 38.8 Å². The summed E-state index contributed by atoms with van der Waals surface area (Å²) in [6.45, 7) is 4.62. The molecule has 0 radical (unpaired) electrons. The van der Waals surface area contributed by atoms with Crippen LogP contribution in [0.25, 0.3) is 0 Å². The second-order valence-electron chi connectivity index (χ2n) is 3.89. The molecule has 1 aromatic rings. The summed E-state index contributed by atoms with van der Waals surface area (Å²) in [6.07, 6.45) is 0. The van der Waals surface area contributed by atoms with Crippen molar-refractivity contribution in [2.24, 2.45) is 0 Å². The number of nitrogens with zero attached hydrogens (tertiary/aromatic N) is 1. The summed E-state index contributed by atoms with van der Waals surface area (Å²) in [7, 11) is 3.77. The number of nitrogens with one attached hydrogen (secondary N) is 1. The minimum absolute atomic E-state index is 0.167. The number of ether oxygens (including phenoxy) is 1. The van der Waals surface area contributed by atoms with Gasteiger partial charge in [0, 0.05) is 38.0 Å². The molecule has 0 fully saturated rings. The van der Waals surface area contributed by atoms with Crippen LogP contribution in [-0.2, 0) is 11.3 Å². The molecule has 0 heterocycles. The third-order valence-electron chi connectivity index (χ3n) is 2.63. The van der Waals surface area contributed by atoms with Crippen LogP contribution in [0.15, 0.2) is 18.2 Å². The first-order chi connectivity index (χ1) is 8.20. The highest BCUT2D eigenvalue weighted by Crippen LogP contribution is 2.21. The van der Waals surface area contributed by atoms with Gasteiger partial charge in [0.25, 0.3) is 0 Å². The molecule has 96 valence electrons. The largest absolute Gasteiger partial charge is 0.380 e. The molecule has 0 aliphatic heterocycles. The number of anilines is 1. The van der Waals surface area contributed by atoms with E-state index in [9.17, 15) is 4.39 Å². The van der Waals surface area contributed by atoms with Crippen LogP contribution in [0.2, 0.25) is 0 Å². The van der Waals surface area contributed by atoms with Gasteiger partial charge in [-0.25, -0.2) is 4.39 Å². The Morgan fingerprint density at radius 1 is 1.41 bits per heavy atom. The highest BCUT2D eigenvalue weighted by atomic mass is 19.1. The molecule has 0 unspecified atom stereocenters. The first kappa shape index (κ1) is 13.9. The zero-order valence-corrected chi connectivity index (χ0v) is 10.8. The van der Waals surface area contributed by atoms with E-state index in [-0.39, 0.29) is 5.82 Å². The SMILES string of the molecule is CCOCCN(C)c1cccc(F)c1CNC. The molecule has 0 saturated carbocycles. The summed E-state index contributed by atoms with van der Waals surface area (Å²) in [5.41, 5.74) is 1.62. The summed E-state index contributed by atoms with van der Waals surface area (Å²) >= 11 is 0. The van der Waals surface area contributed by atoms with E-state index in [1.165, 1.54) is 6.07 Å². The van der Waals surface area contributed by atoms with E-state index in [1.54, 1.807) is 6.07 Å². The Kier molecular flexibility index (Phi) is 5.94. The maximum Gasteiger partial charge on any atom is 0.129 e. The average molecular weight is 240 g/mol. The Morgan fingerprint density at radius 2 is 2.18 bits per heavy atom. The van der Waals surface area contributed by atoms with Crippen molar-refractivity contribution in [3.05, 3.63) is 29.6 Å². The van der Waals surface area contributed by atoms with Crippen molar-refractivity contribution >= 4 is 5.69 Å². The van der Waals surface area contributed by atoms with Crippen molar-refractivity contribution in [1.82, 2.24) is 5.32 Å². The first-order valence-corrected chi connectivity index (χ1v) is 5.91. The van der Waals surface area contributed by atoms with Crippen LogP contribution in [0.5, 0.6) is 0 Å². The molecule has 0 aromatic heterocycles. The van der Waals surface area contributed by atoms with Crippen LogP contribution >= 0.6 is 0 Å². The van der Waals surface area contributed by atoms with E-state index in [0.717, 1.165) is 12.2 Å².